The van der Waals surface area contributed by atoms with Crippen LogP contribution in [-0.4, -0.2) is 19.0 Å². The van der Waals surface area contributed by atoms with E-state index in [0.717, 1.165) is 12.1 Å². The molecule has 86 valence electrons. The summed E-state index contributed by atoms with van der Waals surface area (Å²) in [6.07, 6.45) is 0. The van der Waals surface area contributed by atoms with Crippen LogP contribution in [0.4, 0.5) is 8.78 Å². The minimum absolute atomic E-state index is 0.174. The van der Waals surface area contributed by atoms with Crippen molar-refractivity contribution in [1.29, 1.82) is 0 Å². The van der Waals surface area contributed by atoms with E-state index in [-0.39, 0.29) is 11.8 Å². The van der Waals surface area contributed by atoms with Crippen molar-refractivity contribution in [2.24, 2.45) is 11.7 Å². The first kappa shape index (κ1) is 11.0. The summed E-state index contributed by atoms with van der Waals surface area (Å²) in [5, 5.41) is 3.02. The molecule has 1 aromatic rings. The average molecular weight is 226 g/mol. The van der Waals surface area contributed by atoms with Crippen molar-refractivity contribution in [1.82, 2.24) is 5.32 Å². The first-order chi connectivity index (χ1) is 7.59. The first-order valence-corrected chi connectivity index (χ1v) is 5.04. The van der Waals surface area contributed by atoms with Crippen LogP contribution >= 0.6 is 0 Å². The normalized spacial score (nSPS) is 24.6. The molecule has 0 aromatic heterocycles. The summed E-state index contributed by atoms with van der Waals surface area (Å²) in [6.45, 7) is 1.04. The zero-order valence-corrected chi connectivity index (χ0v) is 8.54. The van der Waals surface area contributed by atoms with Crippen LogP contribution in [0, 0.1) is 17.6 Å². The summed E-state index contributed by atoms with van der Waals surface area (Å²) in [4.78, 5) is 11.2. The third-order valence-corrected chi connectivity index (χ3v) is 2.95. The second-order valence-electron chi connectivity index (χ2n) is 3.95. The lowest BCUT2D eigenvalue weighted by Crippen LogP contribution is -2.28. The number of rotatable bonds is 2. The molecule has 2 atom stereocenters. The van der Waals surface area contributed by atoms with Gasteiger partial charge in [-0.3, -0.25) is 4.79 Å². The number of hydrogen-bond donors (Lipinski definition) is 2. The van der Waals surface area contributed by atoms with Crippen molar-refractivity contribution < 1.29 is 13.6 Å². The van der Waals surface area contributed by atoms with Gasteiger partial charge in [-0.15, -0.1) is 0 Å². The summed E-state index contributed by atoms with van der Waals surface area (Å²) >= 11 is 0. The molecule has 1 saturated heterocycles. The minimum Gasteiger partial charge on any atom is -0.369 e. The third kappa shape index (κ3) is 1.90. The average Bonchev–Trinajstić information content (AvgIpc) is 2.71. The predicted molar refractivity (Wildman–Crippen MR) is 54.7 cm³/mol. The number of amides is 1. The van der Waals surface area contributed by atoms with E-state index in [4.69, 9.17) is 5.73 Å². The van der Waals surface area contributed by atoms with Crippen LogP contribution in [0.1, 0.15) is 11.5 Å². The Labute approximate surface area is 91.6 Å². The van der Waals surface area contributed by atoms with E-state index in [1.165, 1.54) is 6.07 Å². The maximum absolute atomic E-state index is 13.0. The highest BCUT2D eigenvalue weighted by Crippen LogP contribution is 2.28. The van der Waals surface area contributed by atoms with Crippen LogP contribution in [0.3, 0.4) is 0 Å². The number of carbonyl (C=O) groups is 1. The SMILES string of the molecule is NC(=O)C1CNCC1c1ccc(F)c(F)c1. The zero-order valence-electron chi connectivity index (χ0n) is 8.54. The van der Waals surface area contributed by atoms with Crippen LogP contribution in [-0.2, 0) is 4.79 Å². The van der Waals surface area contributed by atoms with Crippen LogP contribution in [0.2, 0.25) is 0 Å². The van der Waals surface area contributed by atoms with Gasteiger partial charge in [-0.25, -0.2) is 8.78 Å². The Balaban J connectivity index is 2.29. The number of carbonyl (C=O) groups excluding carboxylic acids is 1. The molecule has 2 rings (SSSR count). The summed E-state index contributed by atoms with van der Waals surface area (Å²) in [6, 6.07) is 3.69. The van der Waals surface area contributed by atoms with Crippen molar-refractivity contribution in [3.8, 4) is 0 Å². The van der Waals surface area contributed by atoms with Gasteiger partial charge >= 0.3 is 0 Å². The third-order valence-electron chi connectivity index (χ3n) is 2.95. The summed E-state index contributed by atoms with van der Waals surface area (Å²) in [5.74, 6) is -2.73. The minimum atomic E-state index is -0.896. The molecular formula is C11H12F2N2O. The van der Waals surface area contributed by atoms with Gasteiger partial charge in [-0.1, -0.05) is 6.07 Å². The molecular weight excluding hydrogens is 214 g/mol. The summed E-state index contributed by atoms with van der Waals surface area (Å²) in [7, 11) is 0. The van der Waals surface area contributed by atoms with Gasteiger partial charge in [0.05, 0.1) is 5.92 Å². The largest absolute Gasteiger partial charge is 0.369 e. The van der Waals surface area contributed by atoms with Gasteiger partial charge in [0.15, 0.2) is 11.6 Å². The number of nitrogens with two attached hydrogens (primary N) is 1. The molecule has 0 saturated carbocycles. The molecule has 3 N–H and O–H groups in total. The van der Waals surface area contributed by atoms with E-state index < -0.39 is 17.5 Å². The van der Waals surface area contributed by atoms with Crippen molar-refractivity contribution in [3.63, 3.8) is 0 Å². The van der Waals surface area contributed by atoms with Crippen molar-refractivity contribution in [2.75, 3.05) is 13.1 Å². The molecule has 3 nitrogen and oxygen atoms in total. The standard InChI is InChI=1S/C11H12F2N2O/c12-9-2-1-6(3-10(9)13)7-4-15-5-8(7)11(14)16/h1-3,7-8,15H,4-5H2,(H2,14,16). The fraction of sp³-hybridized carbons (Fsp3) is 0.364. The number of primary amides is 1. The number of hydrogen-bond acceptors (Lipinski definition) is 2. The monoisotopic (exact) mass is 226 g/mol. The Morgan fingerprint density at radius 1 is 1.31 bits per heavy atom. The Kier molecular flexibility index (Phi) is 2.87. The highest BCUT2D eigenvalue weighted by molar-refractivity contribution is 5.78. The van der Waals surface area contributed by atoms with Gasteiger partial charge in [-0.05, 0) is 17.7 Å². The molecule has 0 spiro atoms. The van der Waals surface area contributed by atoms with Gasteiger partial charge in [0, 0.05) is 19.0 Å². The van der Waals surface area contributed by atoms with E-state index in [1.54, 1.807) is 0 Å². The lowest BCUT2D eigenvalue weighted by atomic mass is 9.88. The Bertz CT molecular complexity index is 422. The molecule has 16 heavy (non-hydrogen) atoms. The molecule has 1 heterocycles. The Morgan fingerprint density at radius 3 is 2.69 bits per heavy atom. The van der Waals surface area contributed by atoms with E-state index in [2.05, 4.69) is 5.32 Å². The maximum atomic E-state index is 13.0. The fourth-order valence-corrected chi connectivity index (χ4v) is 2.07. The van der Waals surface area contributed by atoms with E-state index in [0.29, 0.717) is 18.7 Å². The molecule has 0 aliphatic carbocycles. The summed E-state index contributed by atoms with van der Waals surface area (Å²) in [5.41, 5.74) is 5.85. The molecule has 0 bridgehead atoms. The fourth-order valence-electron chi connectivity index (χ4n) is 2.07. The zero-order chi connectivity index (χ0) is 11.7. The van der Waals surface area contributed by atoms with E-state index >= 15 is 0 Å². The molecule has 1 aliphatic rings. The lowest BCUT2D eigenvalue weighted by Gasteiger charge is -2.15. The summed E-state index contributed by atoms with van der Waals surface area (Å²) < 4.78 is 25.8. The molecule has 1 aromatic carbocycles. The van der Waals surface area contributed by atoms with Crippen molar-refractivity contribution in [3.05, 3.63) is 35.4 Å². The highest BCUT2D eigenvalue weighted by Gasteiger charge is 2.32. The molecule has 5 heteroatoms. The van der Waals surface area contributed by atoms with E-state index in [1.807, 2.05) is 0 Å². The van der Waals surface area contributed by atoms with Crippen molar-refractivity contribution >= 4 is 5.91 Å². The number of benzene rings is 1. The molecule has 1 aliphatic heterocycles. The van der Waals surface area contributed by atoms with Crippen LogP contribution in [0.15, 0.2) is 18.2 Å². The molecule has 0 radical (unpaired) electrons. The smallest absolute Gasteiger partial charge is 0.222 e. The second kappa shape index (κ2) is 4.17. The lowest BCUT2D eigenvalue weighted by molar-refractivity contribution is -0.121. The quantitative estimate of drug-likeness (QED) is 0.782. The first-order valence-electron chi connectivity index (χ1n) is 5.04. The van der Waals surface area contributed by atoms with Gasteiger partial charge in [0.2, 0.25) is 5.91 Å². The maximum Gasteiger partial charge on any atom is 0.222 e. The number of halogens is 2. The van der Waals surface area contributed by atoms with Gasteiger partial charge in [0.25, 0.3) is 0 Å². The van der Waals surface area contributed by atoms with Gasteiger partial charge in [-0.2, -0.15) is 0 Å². The van der Waals surface area contributed by atoms with Crippen LogP contribution in [0.25, 0.3) is 0 Å². The Hall–Kier alpha value is -1.49. The number of nitrogens with one attached hydrogen (secondary N) is 1. The van der Waals surface area contributed by atoms with E-state index in [9.17, 15) is 13.6 Å². The highest BCUT2D eigenvalue weighted by atomic mass is 19.2. The predicted octanol–water partition coefficient (Wildman–Crippen LogP) is 0.753. The second-order valence-corrected chi connectivity index (χ2v) is 3.95. The molecule has 1 fully saturated rings. The van der Waals surface area contributed by atoms with Crippen LogP contribution < -0.4 is 11.1 Å². The topological polar surface area (TPSA) is 55.1 Å². The Morgan fingerprint density at radius 2 is 2.06 bits per heavy atom. The van der Waals surface area contributed by atoms with Gasteiger partial charge < -0.3 is 11.1 Å². The molecule has 2 unspecified atom stereocenters. The van der Waals surface area contributed by atoms with Crippen LogP contribution in [0.5, 0.6) is 0 Å². The molecule has 1 amide bonds. The van der Waals surface area contributed by atoms with Crippen molar-refractivity contribution in [2.45, 2.75) is 5.92 Å². The van der Waals surface area contributed by atoms with Gasteiger partial charge in [0.1, 0.15) is 0 Å².